The molecule has 2 N–H and O–H groups in total. The zero-order valence-electron chi connectivity index (χ0n) is 9.52. The average molecular weight is 233 g/mol. The van der Waals surface area contributed by atoms with Crippen molar-refractivity contribution < 1.29 is 14.3 Å². The van der Waals surface area contributed by atoms with E-state index in [0.29, 0.717) is 11.5 Å². The van der Waals surface area contributed by atoms with Crippen molar-refractivity contribution >= 4 is 11.7 Å². The fraction of sp³-hybridized carbons (Fsp3) is 0.385. The van der Waals surface area contributed by atoms with E-state index < -0.39 is 11.7 Å². The molecule has 1 aromatic carbocycles. The highest BCUT2D eigenvalue weighted by Crippen LogP contribution is 2.26. The fourth-order valence-corrected chi connectivity index (χ4v) is 2.08. The van der Waals surface area contributed by atoms with Crippen LogP contribution in [0.3, 0.4) is 0 Å². The first-order valence-corrected chi connectivity index (χ1v) is 5.70. The van der Waals surface area contributed by atoms with Crippen LogP contribution in [0.4, 0.5) is 0 Å². The summed E-state index contributed by atoms with van der Waals surface area (Å²) in [7, 11) is 0. The molecule has 0 unspecified atom stereocenters. The molecule has 0 spiro atoms. The summed E-state index contributed by atoms with van der Waals surface area (Å²) in [5, 5.41) is 0. The standard InChI is InChI=1S/C13H15NO3/c14-13(16)12(15)11-3-1-9(2-4-11)10-5-7-17-8-6-10/h1-4,10H,5-8H2,(H2,14,16). The number of carbonyl (C=O) groups is 2. The average Bonchev–Trinajstić information content (AvgIpc) is 2.39. The second kappa shape index (κ2) is 5.10. The normalized spacial score (nSPS) is 16.7. The second-order valence-corrected chi connectivity index (χ2v) is 4.20. The van der Waals surface area contributed by atoms with Gasteiger partial charge < -0.3 is 10.5 Å². The van der Waals surface area contributed by atoms with E-state index in [1.807, 2.05) is 12.1 Å². The van der Waals surface area contributed by atoms with Crippen LogP contribution in [0.2, 0.25) is 0 Å². The predicted octanol–water partition coefficient (Wildman–Crippen LogP) is 1.25. The minimum Gasteiger partial charge on any atom is -0.381 e. The van der Waals surface area contributed by atoms with Crippen LogP contribution < -0.4 is 5.73 Å². The Labute approximate surface area is 99.8 Å². The maximum absolute atomic E-state index is 11.3. The lowest BCUT2D eigenvalue weighted by Crippen LogP contribution is -2.23. The number of benzene rings is 1. The molecule has 0 aromatic heterocycles. The van der Waals surface area contributed by atoms with E-state index in [9.17, 15) is 9.59 Å². The number of hydrogen-bond donors (Lipinski definition) is 1. The summed E-state index contributed by atoms with van der Waals surface area (Å²) in [4.78, 5) is 22.1. The molecule has 4 heteroatoms. The summed E-state index contributed by atoms with van der Waals surface area (Å²) in [6, 6.07) is 7.12. The van der Waals surface area contributed by atoms with Crippen LogP contribution in [0.15, 0.2) is 24.3 Å². The van der Waals surface area contributed by atoms with Gasteiger partial charge in [0.2, 0.25) is 5.78 Å². The molecule has 17 heavy (non-hydrogen) atoms. The first-order chi connectivity index (χ1) is 8.18. The molecule has 0 atom stereocenters. The highest BCUT2D eigenvalue weighted by molar-refractivity contribution is 6.42. The molecule has 90 valence electrons. The number of carbonyl (C=O) groups excluding carboxylic acids is 2. The van der Waals surface area contributed by atoms with Crippen LogP contribution >= 0.6 is 0 Å². The van der Waals surface area contributed by atoms with Gasteiger partial charge in [-0.3, -0.25) is 9.59 Å². The third kappa shape index (κ3) is 2.71. The molecule has 4 nitrogen and oxygen atoms in total. The third-order valence-corrected chi connectivity index (χ3v) is 3.09. The number of ether oxygens (including phenoxy) is 1. The molecular weight excluding hydrogens is 218 g/mol. The molecule has 1 heterocycles. The largest absolute Gasteiger partial charge is 0.381 e. The minimum atomic E-state index is -0.913. The Kier molecular flexibility index (Phi) is 3.54. The van der Waals surface area contributed by atoms with Crippen LogP contribution in [-0.2, 0) is 9.53 Å². The molecule has 0 bridgehead atoms. The van der Waals surface area contributed by atoms with Crippen molar-refractivity contribution in [2.24, 2.45) is 5.73 Å². The van der Waals surface area contributed by atoms with E-state index >= 15 is 0 Å². The van der Waals surface area contributed by atoms with E-state index in [1.54, 1.807) is 12.1 Å². The highest BCUT2D eigenvalue weighted by Gasteiger charge is 2.17. The van der Waals surface area contributed by atoms with Gasteiger partial charge in [-0.2, -0.15) is 0 Å². The number of ketones is 1. The smallest absolute Gasteiger partial charge is 0.289 e. The molecule has 1 fully saturated rings. The first-order valence-electron chi connectivity index (χ1n) is 5.70. The third-order valence-electron chi connectivity index (χ3n) is 3.09. The van der Waals surface area contributed by atoms with Gasteiger partial charge in [-0.1, -0.05) is 24.3 Å². The Hall–Kier alpha value is -1.68. The van der Waals surface area contributed by atoms with E-state index in [-0.39, 0.29) is 0 Å². The fourth-order valence-electron chi connectivity index (χ4n) is 2.08. The van der Waals surface area contributed by atoms with E-state index in [0.717, 1.165) is 26.1 Å². The minimum absolute atomic E-state index is 0.355. The van der Waals surface area contributed by atoms with Crippen LogP contribution in [0, 0.1) is 0 Å². The Bertz CT molecular complexity index is 419. The zero-order valence-corrected chi connectivity index (χ0v) is 9.52. The molecule has 1 aliphatic rings. The van der Waals surface area contributed by atoms with Crippen molar-refractivity contribution in [3.8, 4) is 0 Å². The summed E-state index contributed by atoms with van der Waals surface area (Å²) < 4.78 is 5.30. The van der Waals surface area contributed by atoms with Gasteiger partial charge in [0.1, 0.15) is 0 Å². The van der Waals surface area contributed by atoms with Crippen LogP contribution in [0.5, 0.6) is 0 Å². The zero-order chi connectivity index (χ0) is 12.3. The maximum Gasteiger partial charge on any atom is 0.289 e. The van der Waals surface area contributed by atoms with Crippen LogP contribution in [-0.4, -0.2) is 24.9 Å². The number of nitrogens with two attached hydrogens (primary N) is 1. The highest BCUT2D eigenvalue weighted by atomic mass is 16.5. The van der Waals surface area contributed by atoms with Gasteiger partial charge in [-0.15, -0.1) is 0 Å². The summed E-state index contributed by atoms with van der Waals surface area (Å²) in [6.45, 7) is 1.57. The second-order valence-electron chi connectivity index (χ2n) is 4.20. The van der Waals surface area contributed by atoms with Crippen molar-refractivity contribution in [1.82, 2.24) is 0 Å². The van der Waals surface area contributed by atoms with Gasteiger partial charge in [0.15, 0.2) is 0 Å². The monoisotopic (exact) mass is 233 g/mol. The summed E-state index contributed by atoms with van der Waals surface area (Å²) >= 11 is 0. The molecule has 1 amide bonds. The number of rotatable bonds is 3. The van der Waals surface area contributed by atoms with E-state index in [2.05, 4.69) is 0 Å². The predicted molar refractivity (Wildman–Crippen MR) is 62.8 cm³/mol. The molecule has 0 saturated carbocycles. The Morgan fingerprint density at radius 1 is 1.12 bits per heavy atom. The van der Waals surface area contributed by atoms with Crippen molar-refractivity contribution in [3.63, 3.8) is 0 Å². The summed E-state index contributed by atoms with van der Waals surface area (Å²) in [5.74, 6) is -1.06. The topological polar surface area (TPSA) is 69.4 Å². The van der Waals surface area contributed by atoms with Crippen molar-refractivity contribution in [1.29, 1.82) is 0 Å². The van der Waals surface area contributed by atoms with Crippen LogP contribution in [0.1, 0.15) is 34.7 Å². The molecule has 2 rings (SSSR count). The lowest BCUT2D eigenvalue weighted by molar-refractivity contribution is -0.114. The van der Waals surface area contributed by atoms with Crippen molar-refractivity contribution in [2.75, 3.05) is 13.2 Å². The van der Waals surface area contributed by atoms with Gasteiger partial charge >= 0.3 is 0 Å². The van der Waals surface area contributed by atoms with E-state index in [1.165, 1.54) is 5.56 Å². The SMILES string of the molecule is NC(=O)C(=O)c1ccc(C2CCOCC2)cc1. The van der Waals surface area contributed by atoms with Gasteiger partial charge in [-0.25, -0.2) is 0 Å². The van der Waals surface area contributed by atoms with Gasteiger partial charge in [0, 0.05) is 18.8 Å². The van der Waals surface area contributed by atoms with Crippen molar-refractivity contribution in [2.45, 2.75) is 18.8 Å². The van der Waals surface area contributed by atoms with Crippen molar-refractivity contribution in [3.05, 3.63) is 35.4 Å². The Balaban J connectivity index is 2.12. The first kappa shape index (κ1) is 11.8. The molecule has 1 saturated heterocycles. The maximum atomic E-state index is 11.3. The Morgan fingerprint density at radius 2 is 1.71 bits per heavy atom. The van der Waals surface area contributed by atoms with E-state index in [4.69, 9.17) is 10.5 Å². The van der Waals surface area contributed by atoms with Gasteiger partial charge in [-0.05, 0) is 24.3 Å². The molecule has 0 aliphatic carbocycles. The number of amides is 1. The summed E-state index contributed by atoms with van der Waals surface area (Å²) in [5.41, 5.74) is 6.49. The molecule has 1 aliphatic heterocycles. The van der Waals surface area contributed by atoms with Gasteiger partial charge in [0.05, 0.1) is 0 Å². The van der Waals surface area contributed by atoms with Crippen LogP contribution in [0.25, 0.3) is 0 Å². The Morgan fingerprint density at radius 3 is 2.24 bits per heavy atom. The lowest BCUT2D eigenvalue weighted by Gasteiger charge is -2.22. The lowest BCUT2D eigenvalue weighted by atomic mass is 9.91. The number of hydrogen-bond acceptors (Lipinski definition) is 3. The van der Waals surface area contributed by atoms with Gasteiger partial charge in [0.25, 0.3) is 5.91 Å². The molecule has 0 radical (unpaired) electrons. The molecule has 1 aromatic rings. The quantitative estimate of drug-likeness (QED) is 0.631. The number of Topliss-reactive ketones (excluding diaryl/α,β-unsaturated/α-hetero) is 1. The number of primary amides is 1. The summed E-state index contributed by atoms with van der Waals surface area (Å²) in [6.07, 6.45) is 2.01. The molecular formula is C13H15NO3.